The SMILES string of the molecule is CC1CCC(=O)C(C=O)C1. The van der Waals surface area contributed by atoms with Crippen LogP contribution in [0.1, 0.15) is 26.2 Å². The number of Topliss-reactive ketones (excluding diaryl/α,β-unsaturated/α-hetero) is 1. The lowest BCUT2D eigenvalue weighted by atomic mass is 9.82. The first-order chi connectivity index (χ1) is 4.74. The van der Waals surface area contributed by atoms with Crippen molar-refractivity contribution >= 4 is 12.1 Å². The zero-order valence-corrected chi connectivity index (χ0v) is 6.17. The van der Waals surface area contributed by atoms with Crippen LogP contribution >= 0.6 is 0 Å². The molecule has 0 saturated heterocycles. The van der Waals surface area contributed by atoms with Crippen LogP contribution in [0.2, 0.25) is 0 Å². The van der Waals surface area contributed by atoms with Crippen molar-refractivity contribution in [3.63, 3.8) is 0 Å². The maximum absolute atomic E-state index is 10.9. The number of rotatable bonds is 1. The molecule has 0 radical (unpaired) electrons. The molecule has 2 heteroatoms. The number of aldehydes is 1. The van der Waals surface area contributed by atoms with Crippen LogP contribution in [-0.2, 0) is 9.59 Å². The molecule has 0 amide bonds. The zero-order chi connectivity index (χ0) is 7.56. The Balaban J connectivity index is 2.53. The first-order valence-corrected chi connectivity index (χ1v) is 3.72. The van der Waals surface area contributed by atoms with E-state index in [9.17, 15) is 9.59 Å². The van der Waals surface area contributed by atoms with E-state index in [2.05, 4.69) is 6.92 Å². The lowest BCUT2D eigenvalue weighted by Gasteiger charge is -2.20. The maximum Gasteiger partial charge on any atom is 0.143 e. The van der Waals surface area contributed by atoms with Gasteiger partial charge in [0.1, 0.15) is 12.1 Å². The lowest BCUT2D eigenvalue weighted by molar-refractivity contribution is -0.129. The van der Waals surface area contributed by atoms with Gasteiger partial charge in [0.2, 0.25) is 0 Å². The average Bonchev–Trinajstić information content (AvgIpc) is 1.94. The van der Waals surface area contributed by atoms with Gasteiger partial charge in [0, 0.05) is 6.42 Å². The van der Waals surface area contributed by atoms with Crippen LogP contribution in [-0.4, -0.2) is 12.1 Å². The first kappa shape index (κ1) is 7.45. The Labute approximate surface area is 60.6 Å². The third-order valence-corrected chi connectivity index (χ3v) is 2.12. The van der Waals surface area contributed by atoms with Crippen LogP contribution in [0.4, 0.5) is 0 Å². The van der Waals surface area contributed by atoms with E-state index in [-0.39, 0.29) is 11.7 Å². The molecule has 1 aliphatic rings. The first-order valence-electron chi connectivity index (χ1n) is 3.72. The number of ketones is 1. The summed E-state index contributed by atoms with van der Waals surface area (Å²) < 4.78 is 0. The average molecular weight is 140 g/mol. The summed E-state index contributed by atoms with van der Waals surface area (Å²) in [5.41, 5.74) is 0. The van der Waals surface area contributed by atoms with Crippen molar-refractivity contribution in [3.8, 4) is 0 Å². The number of carbonyl (C=O) groups excluding carboxylic acids is 2. The molecule has 1 saturated carbocycles. The monoisotopic (exact) mass is 140 g/mol. The van der Waals surface area contributed by atoms with Crippen LogP contribution in [0.15, 0.2) is 0 Å². The Bertz CT molecular complexity index is 151. The summed E-state index contributed by atoms with van der Waals surface area (Å²) in [5.74, 6) is 0.393. The van der Waals surface area contributed by atoms with Gasteiger partial charge in [-0.05, 0) is 18.8 Å². The third kappa shape index (κ3) is 1.43. The standard InChI is InChI=1S/C8H12O2/c1-6-2-3-8(10)7(4-6)5-9/h5-7H,2-4H2,1H3. The second kappa shape index (κ2) is 2.95. The molecule has 0 N–H and O–H groups in total. The third-order valence-electron chi connectivity index (χ3n) is 2.12. The summed E-state index contributed by atoms with van der Waals surface area (Å²) in [6.07, 6.45) is 3.12. The van der Waals surface area contributed by atoms with E-state index >= 15 is 0 Å². The number of carbonyl (C=O) groups is 2. The van der Waals surface area contributed by atoms with Crippen molar-refractivity contribution in [2.24, 2.45) is 11.8 Å². The molecule has 56 valence electrons. The minimum atomic E-state index is -0.288. The Morgan fingerprint density at radius 1 is 1.60 bits per heavy atom. The van der Waals surface area contributed by atoms with Crippen LogP contribution in [0.25, 0.3) is 0 Å². The van der Waals surface area contributed by atoms with Gasteiger partial charge >= 0.3 is 0 Å². The van der Waals surface area contributed by atoms with Gasteiger partial charge in [-0.2, -0.15) is 0 Å². The summed E-state index contributed by atoms with van der Waals surface area (Å²) in [4.78, 5) is 21.2. The van der Waals surface area contributed by atoms with E-state index in [0.717, 1.165) is 19.1 Å². The van der Waals surface area contributed by atoms with Gasteiger partial charge < -0.3 is 4.79 Å². The van der Waals surface area contributed by atoms with Crippen LogP contribution in [0, 0.1) is 11.8 Å². The van der Waals surface area contributed by atoms with Gasteiger partial charge in [0.05, 0.1) is 5.92 Å². The van der Waals surface area contributed by atoms with Crippen molar-refractivity contribution < 1.29 is 9.59 Å². The Kier molecular flexibility index (Phi) is 2.20. The quantitative estimate of drug-likeness (QED) is 0.405. The summed E-state index contributed by atoms with van der Waals surface area (Å²) in [6, 6.07) is 0. The molecule has 10 heavy (non-hydrogen) atoms. The highest BCUT2D eigenvalue weighted by atomic mass is 16.1. The van der Waals surface area contributed by atoms with Crippen molar-refractivity contribution in [2.75, 3.05) is 0 Å². The highest BCUT2D eigenvalue weighted by Crippen LogP contribution is 2.24. The highest BCUT2D eigenvalue weighted by Gasteiger charge is 2.25. The van der Waals surface area contributed by atoms with Gasteiger partial charge in [-0.3, -0.25) is 4.79 Å². The lowest BCUT2D eigenvalue weighted by Crippen LogP contribution is -2.24. The van der Waals surface area contributed by atoms with E-state index in [1.54, 1.807) is 0 Å². The predicted molar refractivity (Wildman–Crippen MR) is 37.6 cm³/mol. The maximum atomic E-state index is 10.9. The molecule has 0 aromatic rings. The minimum absolute atomic E-state index is 0.133. The van der Waals surface area contributed by atoms with Crippen molar-refractivity contribution in [3.05, 3.63) is 0 Å². The summed E-state index contributed by atoms with van der Waals surface area (Å²) in [7, 11) is 0. The zero-order valence-electron chi connectivity index (χ0n) is 6.17. The Morgan fingerprint density at radius 3 is 2.80 bits per heavy atom. The molecule has 1 aliphatic carbocycles. The molecule has 2 atom stereocenters. The van der Waals surface area contributed by atoms with E-state index in [1.807, 2.05) is 0 Å². The van der Waals surface area contributed by atoms with E-state index in [4.69, 9.17) is 0 Å². The number of hydrogen-bond donors (Lipinski definition) is 0. The molecule has 0 spiro atoms. The van der Waals surface area contributed by atoms with Gasteiger partial charge in [-0.25, -0.2) is 0 Å². The van der Waals surface area contributed by atoms with Crippen molar-refractivity contribution in [1.29, 1.82) is 0 Å². The molecular weight excluding hydrogens is 128 g/mol. The van der Waals surface area contributed by atoms with Crippen LogP contribution in [0.5, 0.6) is 0 Å². The topological polar surface area (TPSA) is 34.1 Å². The second-order valence-electron chi connectivity index (χ2n) is 3.09. The van der Waals surface area contributed by atoms with Crippen molar-refractivity contribution in [1.82, 2.24) is 0 Å². The fourth-order valence-electron chi connectivity index (χ4n) is 1.39. The molecule has 0 bridgehead atoms. The molecule has 0 aromatic carbocycles. The second-order valence-corrected chi connectivity index (χ2v) is 3.09. The fourth-order valence-corrected chi connectivity index (χ4v) is 1.39. The van der Waals surface area contributed by atoms with E-state index < -0.39 is 0 Å². The molecule has 1 rings (SSSR count). The van der Waals surface area contributed by atoms with Crippen LogP contribution in [0.3, 0.4) is 0 Å². The van der Waals surface area contributed by atoms with Gasteiger partial charge in [-0.1, -0.05) is 6.92 Å². The van der Waals surface area contributed by atoms with Crippen LogP contribution < -0.4 is 0 Å². The molecule has 1 fully saturated rings. The Hall–Kier alpha value is -0.660. The smallest absolute Gasteiger partial charge is 0.143 e. The molecule has 0 aromatic heterocycles. The largest absolute Gasteiger partial charge is 0.303 e. The Morgan fingerprint density at radius 2 is 2.30 bits per heavy atom. The summed E-state index contributed by atoms with van der Waals surface area (Å²) in [6.45, 7) is 2.09. The fraction of sp³-hybridized carbons (Fsp3) is 0.750. The minimum Gasteiger partial charge on any atom is -0.303 e. The van der Waals surface area contributed by atoms with Gasteiger partial charge in [0.15, 0.2) is 0 Å². The van der Waals surface area contributed by atoms with E-state index in [1.165, 1.54) is 0 Å². The molecule has 0 aliphatic heterocycles. The van der Waals surface area contributed by atoms with Gasteiger partial charge in [0.25, 0.3) is 0 Å². The summed E-state index contributed by atoms with van der Waals surface area (Å²) in [5, 5.41) is 0. The number of hydrogen-bond acceptors (Lipinski definition) is 2. The summed E-state index contributed by atoms with van der Waals surface area (Å²) >= 11 is 0. The highest BCUT2D eigenvalue weighted by molar-refractivity contribution is 5.93. The van der Waals surface area contributed by atoms with E-state index in [0.29, 0.717) is 12.3 Å². The molecule has 2 nitrogen and oxygen atoms in total. The molecular formula is C8H12O2. The van der Waals surface area contributed by atoms with Gasteiger partial charge in [-0.15, -0.1) is 0 Å². The predicted octanol–water partition coefficient (Wildman–Crippen LogP) is 1.19. The molecule has 2 unspecified atom stereocenters. The molecule has 0 heterocycles. The van der Waals surface area contributed by atoms with Crippen molar-refractivity contribution in [2.45, 2.75) is 26.2 Å². The normalized spacial score (nSPS) is 33.9.